The Morgan fingerprint density at radius 1 is 0.865 bits per heavy atom. The Labute approximate surface area is 214 Å². The zero-order valence-corrected chi connectivity index (χ0v) is 20.4. The van der Waals surface area contributed by atoms with E-state index in [0.29, 0.717) is 29.3 Å². The van der Waals surface area contributed by atoms with Crippen molar-refractivity contribution in [2.75, 3.05) is 17.2 Å². The van der Waals surface area contributed by atoms with Crippen LogP contribution in [-0.4, -0.2) is 24.4 Å². The number of hydrogen-bond acceptors (Lipinski definition) is 6. The molecule has 8 heteroatoms. The van der Waals surface area contributed by atoms with Crippen LogP contribution in [0.4, 0.5) is 11.4 Å². The molecule has 0 fully saturated rings. The maximum atomic E-state index is 13.3. The number of nitrogens with one attached hydrogen (secondary N) is 2. The molecule has 4 rings (SSSR count). The summed E-state index contributed by atoms with van der Waals surface area (Å²) in [4.78, 5) is 38.9. The molecule has 0 saturated carbocycles. The molecular formula is C29H26N2O6. The second kappa shape index (κ2) is 11.7. The topological polar surface area (TPSA) is 107 Å². The van der Waals surface area contributed by atoms with Gasteiger partial charge in [-0.25, -0.2) is 4.79 Å². The van der Waals surface area contributed by atoms with E-state index in [1.165, 1.54) is 18.4 Å². The Balaban J connectivity index is 1.56. The number of hydrogen-bond donors (Lipinski definition) is 2. The summed E-state index contributed by atoms with van der Waals surface area (Å²) in [6.45, 7) is 4.07. The van der Waals surface area contributed by atoms with Crippen LogP contribution in [0.2, 0.25) is 0 Å². The van der Waals surface area contributed by atoms with Crippen molar-refractivity contribution in [3.8, 4) is 5.75 Å². The third kappa shape index (κ3) is 6.24. The van der Waals surface area contributed by atoms with Crippen LogP contribution in [0.1, 0.15) is 45.1 Å². The van der Waals surface area contributed by atoms with E-state index in [9.17, 15) is 14.4 Å². The van der Waals surface area contributed by atoms with Crippen LogP contribution in [0.25, 0.3) is 0 Å². The van der Waals surface area contributed by atoms with Crippen LogP contribution in [0.5, 0.6) is 5.75 Å². The smallest absolute Gasteiger partial charge is 0.339 e. The molecule has 1 aromatic heterocycles. The standard InChI is InChI=1S/C29H26N2O6/c1-3-35-24-13-8-7-12-22(24)30-28(33)26(20-10-5-4-6-11-20)37-29(34)21-16-15-19(2)23(18-21)31-27(32)25-14-9-17-36-25/h4-18,26H,3H2,1-2H3,(H,30,33)(H,31,32). The lowest BCUT2D eigenvalue weighted by atomic mass is 10.1. The number of benzene rings is 3. The van der Waals surface area contributed by atoms with Gasteiger partial charge >= 0.3 is 5.97 Å². The van der Waals surface area contributed by atoms with Gasteiger partial charge in [0.15, 0.2) is 5.76 Å². The van der Waals surface area contributed by atoms with E-state index >= 15 is 0 Å². The fourth-order valence-corrected chi connectivity index (χ4v) is 3.60. The molecule has 0 aliphatic rings. The number of ether oxygens (including phenoxy) is 2. The minimum atomic E-state index is -1.23. The number of carbonyl (C=O) groups is 3. The van der Waals surface area contributed by atoms with Crippen molar-refractivity contribution in [1.82, 2.24) is 0 Å². The highest BCUT2D eigenvalue weighted by Gasteiger charge is 2.27. The molecule has 2 amide bonds. The zero-order chi connectivity index (χ0) is 26.2. The van der Waals surface area contributed by atoms with Gasteiger partial charge in [0.2, 0.25) is 6.10 Å². The second-order valence-corrected chi connectivity index (χ2v) is 8.08. The monoisotopic (exact) mass is 498 g/mol. The highest BCUT2D eigenvalue weighted by molar-refractivity contribution is 6.04. The van der Waals surface area contributed by atoms with Crippen molar-refractivity contribution in [1.29, 1.82) is 0 Å². The molecule has 4 aromatic rings. The van der Waals surface area contributed by atoms with Gasteiger partial charge in [-0.3, -0.25) is 9.59 Å². The molecule has 0 saturated heterocycles. The third-order valence-corrected chi connectivity index (χ3v) is 5.48. The first-order chi connectivity index (χ1) is 18.0. The Bertz CT molecular complexity index is 1380. The lowest BCUT2D eigenvalue weighted by Crippen LogP contribution is -2.26. The van der Waals surface area contributed by atoms with Gasteiger partial charge in [0.05, 0.1) is 24.1 Å². The average Bonchev–Trinajstić information content (AvgIpc) is 3.45. The predicted octanol–water partition coefficient (Wildman–Crippen LogP) is 5.78. The van der Waals surface area contributed by atoms with Gasteiger partial charge < -0.3 is 24.5 Å². The quantitative estimate of drug-likeness (QED) is 0.284. The molecule has 0 aliphatic carbocycles. The number of amides is 2. The van der Waals surface area contributed by atoms with Crippen molar-refractivity contribution in [3.63, 3.8) is 0 Å². The van der Waals surface area contributed by atoms with Crippen LogP contribution >= 0.6 is 0 Å². The maximum absolute atomic E-state index is 13.3. The zero-order valence-electron chi connectivity index (χ0n) is 20.4. The highest BCUT2D eigenvalue weighted by atomic mass is 16.5. The van der Waals surface area contributed by atoms with Crippen molar-refractivity contribution in [3.05, 3.63) is 114 Å². The van der Waals surface area contributed by atoms with E-state index < -0.39 is 23.9 Å². The Morgan fingerprint density at radius 2 is 1.62 bits per heavy atom. The molecule has 1 heterocycles. The van der Waals surface area contributed by atoms with Gasteiger partial charge in [-0.15, -0.1) is 0 Å². The second-order valence-electron chi connectivity index (χ2n) is 8.08. The minimum absolute atomic E-state index is 0.139. The molecule has 0 radical (unpaired) electrons. The highest BCUT2D eigenvalue weighted by Crippen LogP contribution is 2.28. The number of carbonyl (C=O) groups excluding carboxylic acids is 3. The largest absolute Gasteiger partial charge is 0.492 e. The number of anilines is 2. The first-order valence-electron chi connectivity index (χ1n) is 11.7. The summed E-state index contributed by atoms with van der Waals surface area (Å²) in [5, 5.41) is 5.54. The van der Waals surface area contributed by atoms with Gasteiger partial charge in [0.1, 0.15) is 5.75 Å². The number of aryl methyl sites for hydroxylation is 1. The Hall–Kier alpha value is -4.85. The van der Waals surface area contributed by atoms with Crippen LogP contribution in [0, 0.1) is 6.92 Å². The Kier molecular flexibility index (Phi) is 8.00. The van der Waals surface area contributed by atoms with E-state index in [0.717, 1.165) is 5.56 Å². The van der Waals surface area contributed by atoms with Gasteiger partial charge in [0.25, 0.3) is 11.8 Å². The van der Waals surface area contributed by atoms with Gasteiger partial charge in [-0.1, -0.05) is 48.5 Å². The van der Waals surface area contributed by atoms with Crippen LogP contribution in [-0.2, 0) is 9.53 Å². The van der Waals surface area contributed by atoms with Gasteiger partial charge in [-0.05, 0) is 55.8 Å². The lowest BCUT2D eigenvalue weighted by Gasteiger charge is -2.19. The molecule has 0 spiro atoms. The molecule has 2 N–H and O–H groups in total. The average molecular weight is 499 g/mol. The summed E-state index contributed by atoms with van der Waals surface area (Å²) >= 11 is 0. The summed E-state index contributed by atoms with van der Waals surface area (Å²) in [5.74, 6) is -1.07. The van der Waals surface area contributed by atoms with Crippen LogP contribution in [0.3, 0.4) is 0 Å². The summed E-state index contributed by atoms with van der Waals surface area (Å²) in [7, 11) is 0. The predicted molar refractivity (Wildman–Crippen MR) is 139 cm³/mol. The van der Waals surface area contributed by atoms with E-state index in [4.69, 9.17) is 13.9 Å². The first-order valence-corrected chi connectivity index (χ1v) is 11.7. The summed E-state index contributed by atoms with van der Waals surface area (Å²) < 4.78 is 16.4. The number of furan rings is 1. The summed E-state index contributed by atoms with van der Waals surface area (Å²) in [6.07, 6.45) is 0.169. The normalized spacial score (nSPS) is 11.3. The number of rotatable bonds is 9. The molecule has 0 bridgehead atoms. The van der Waals surface area contributed by atoms with Crippen molar-refractivity contribution in [2.45, 2.75) is 20.0 Å². The number of para-hydroxylation sites is 2. The van der Waals surface area contributed by atoms with Crippen molar-refractivity contribution >= 4 is 29.2 Å². The molecule has 37 heavy (non-hydrogen) atoms. The first kappa shape index (κ1) is 25.2. The lowest BCUT2D eigenvalue weighted by molar-refractivity contribution is -0.125. The summed E-state index contributed by atoms with van der Waals surface area (Å²) in [5.41, 5.74) is 2.29. The van der Waals surface area contributed by atoms with Gasteiger partial charge in [-0.2, -0.15) is 0 Å². The van der Waals surface area contributed by atoms with Crippen molar-refractivity contribution in [2.24, 2.45) is 0 Å². The fraction of sp³-hybridized carbons (Fsp3) is 0.138. The number of esters is 1. The molecular weight excluding hydrogens is 472 g/mol. The molecule has 1 atom stereocenters. The SMILES string of the molecule is CCOc1ccccc1NC(=O)C(OC(=O)c1ccc(C)c(NC(=O)c2ccco2)c1)c1ccccc1. The maximum Gasteiger partial charge on any atom is 0.339 e. The Morgan fingerprint density at radius 3 is 2.35 bits per heavy atom. The van der Waals surface area contributed by atoms with E-state index in [1.807, 2.05) is 6.92 Å². The fourth-order valence-electron chi connectivity index (χ4n) is 3.60. The molecule has 3 aromatic carbocycles. The third-order valence-electron chi connectivity index (χ3n) is 5.48. The van der Waals surface area contributed by atoms with E-state index in [1.54, 1.807) is 79.7 Å². The molecule has 8 nitrogen and oxygen atoms in total. The van der Waals surface area contributed by atoms with Crippen LogP contribution < -0.4 is 15.4 Å². The van der Waals surface area contributed by atoms with Crippen LogP contribution in [0.15, 0.2) is 95.6 Å². The molecule has 0 aliphatic heterocycles. The molecule has 188 valence electrons. The molecule has 1 unspecified atom stereocenters. The van der Waals surface area contributed by atoms with E-state index in [2.05, 4.69) is 10.6 Å². The van der Waals surface area contributed by atoms with Crippen molar-refractivity contribution < 1.29 is 28.3 Å². The van der Waals surface area contributed by atoms with E-state index in [-0.39, 0.29) is 11.3 Å². The minimum Gasteiger partial charge on any atom is -0.492 e. The van der Waals surface area contributed by atoms with Gasteiger partial charge in [0, 0.05) is 11.3 Å². The summed E-state index contributed by atoms with van der Waals surface area (Å²) in [6, 6.07) is 23.7.